The van der Waals surface area contributed by atoms with Crippen molar-refractivity contribution in [2.24, 2.45) is 0 Å². The molecule has 1 N–H and O–H groups in total. The van der Waals surface area contributed by atoms with Gasteiger partial charge in [-0.05, 0) is 29.9 Å². The topological polar surface area (TPSA) is 29.5 Å². The van der Waals surface area contributed by atoms with Gasteiger partial charge in [-0.25, -0.2) is 0 Å². The maximum absolute atomic E-state index is 11.8. The first kappa shape index (κ1) is 18.8. The maximum atomic E-state index is 11.8. The Bertz CT molecular complexity index is 870. The fourth-order valence-electron chi connectivity index (χ4n) is 3.32. The lowest BCUT2D eigenvalue weighted by Crippen LogP contribution is -2.33. The Morgan fingerprint density at radius 1 is 0.846 bits per heavy atom. The Labute approximate surface area is 160 Å². The molecule has 26 heavy (non-hydrogen) atoms. The van der Waals surface area contributed by atoms with Gasteiger partial charge in [-0.1, -0.05) is 90.7 Å². The molecule has 0 spiro atoms. The lowest BCUT2D eigenvalue weighted by atomic mass is 9.88. The number of hydrogen-bond acceptors (Lipinski definition) is 3. The Hall–Kier alpha value is -1.93. The molecule has 2 nitrogen and oxygen atoms in total. The monoisotopic (exact) mass is 382 g/mol. The van der Waals surface area contributed by atoms with Crippen molar-refractivity contribution in [1.29, 1.82) is 0 Å². The number of rotatable bonds is 6. The van der Waals surface area contributed by atoms with Gasteiger partial charge in [-0.15, -0.1) is 0 Å². The average Bonchev–Trinajstić information content (AvgIpc) is 2.69. The van der Waals surface area contributed by atoms with E-state index in [0.29, 0.717) is 6.16 Å². The summed E-state index contributed by atoms with van der Waals surface area (Å²) >= 11 is 6.08. The van der Waals surface area contributed by atoms with E-state index in [-0.39, 0.29) is 0 Å². The van der Waals surface area contributed by atoms with Crippen molar-refractivity contribution >= 4 is 23.1 Å². The highest BCUT2D eigenvalue weighted by Gasteiger charge is 2.37. The number of benzene rings is 3. The van der Waals surface area contributed by atoms with Crippen LogP contribution in [0.1, 0.15) is 11.1 Å². The SMILES string of the molecule is COc1ccccc1P(C)(=S)CC(O)(c1ccccc1)c1ccccc1. The van der Waals surface area contributed by atoms with E-state index in [4.69, 9.17) is 16.5 Å². The molecule has 0 radical (unpaired) electrons. The van der Waals surface area contributed by atoms with Crippen molar-refractivity contribution in [2.75, 3.05) is 19.9 Å². The molecule has 0 saturated carbocycles. The highest BCUT2D eigenvalue weighted by atomic mass is 32.4. The Kier molecular flexibility index (Phi) is 5.62. The van der Waals surface area contributed by atoms with Gasteiger partial charge in [-0.3, -0.25) is 0 Å². The zero-order chi connectivity index (χ0) is 18.6. The van der Waals surface area contributed by atoms with Crippen LogP contribution in [0.4, 0.5) is 0 Å². The standard InChI is InChI=1S/C22H23O2PS/c1-24-20-15-9-10-16-21(20)25(2,26)17-22(23,18-11-5-3-6-12-18)19-13-7-4-8-14-19/h3-16,23H,17H2,1-2H3. The van der Waals surface area contributed by atoms with E-state index < -0.39 is 11.6 Å². The van der Waals surface area contributed by atoms with E-state index in [9.17, 15) is 5.11 Å². The van der Waals surface area contributed by atoms with Crippen molar-refractivity contribution in [3.8, 4) is 5.75 Å². The molecule has 0 saturated heterocycles. The Balaban J connectivity index is 2.11. The summed E-state index contributed by atoms with van der Waals surface area (Å²) in [6, 6.07) is 25.3. The first-order chi connectivity index (χ1) is 12.5. The van der Waals surface area contributed by atoms with Crippen LogP contribution in [0.15, 0.2) is 84.9 Å². The van der Waals surface area contributed by atoms with E-state index in [1.807, 2.05) is 84.9 Å². The number of para-hydroxylation sites is 1. The lowest BCUT2D eigenvalue weighted by Gasteiger charge is -2.34. The number of methoxy groups -OCH3 is 1. The smallest absolute Gasteiger partial charge is 0.127 e. The minimum Gasteiger partial charge on any atom is -0.496 e. The second-order valence-electron chi connectivity index (χ2n) is 6.52. The third-order valence-corrected chi connectivity index (χ3v) is 8.06. The molecule has 0 aliphatic rings. The largest absolute Gasteiger partial charge is 0.496 e. The van der Waals surface area contributed by atoms with Crippen LogP contribution in [0, 0.1) is 0 Å². The van der Waals surface area contributed by atoms with Gasteiger partial charge in [0.25, 0.3) is 0 Å². The molecular weight excluding hydrogens is 359 g/mol. The van der Waals surface area contributed by atoms with Gasteiger partial charge < -0.3 is 9.84 Å². The fraction of sp³-hybridized carbons (Fsp3) is 0.182. The molecule has 0 aliphatic heterocycles. The third-order valence-electron chi connectivity index (χ3n) is 4.63. The first-order valence-electron chi connectivity index (χ1n) is 8.51. The second kappa shape index (κ2) is 7.75. The van der Waals surface area contributed by atoms with Crippen molar-refractivity contribution in [2.45, 2.75) is 5.60 Å². The zero-order valence-corrected chi connectivity index (χ0v) is 16.7. The molecule has 1 atom stereocenters. The van der Waals surface area contributed by atoms with Crippen LogP contribution < -0.4 is 10.0 Å². The summed E-state index contributed by atoms with van der Waals surface area (Å²) in [5, 5.41) is 12.9. The van der Waals surface area contributed by atoms with Crippen LogP contribution in [0.5, 0.6) is 5.75 Å². The van der Waals surface area contributed by atoms with E-state index in [2.05, 4.69) is 6.66 Å². The minimum atomic E-state index is -2.09. The zero-order valence-electron chi connectivity index (χ0n) is 15.0. The molecular formula is C22H23O2PS. The molecule has 0 aliphatic carbocycles. The minimum absolute atomic E-state index is 0.462. The predicted octanol–water partition coefficient (Wildman–Crippen LogP) is 4.37. The van der Waals surface area contributed by atoms with Crippen LogP contribution in [0.25, 0.3) is 0 Å². The molecule has 1 unspecified atom stereocenters. The van der Waals surface area contributed by atoms with Crippen LogP contribution >= 0.6 is 6.04 Å². The van der Waals surface area contributed by atoms with Crippen molar-refractivity contribution < 1.29 is 9.84 Å². The highest BCUT2D eigenvalue weighted by Crippen LogP contribution is 2.50. The molecule has 0 amide bonds. The van der Waals surface area contributed by atoms with E-state index >= 15 is 0 Å². The third kappa shape index (κ3) is 3.76. The summed E-state index contributed by atoms with van der Waals surface area (Å²) in [6.45, 7) is 2.08. The average molecular weight is 382 g/mol. The van der Waals surface area contributed by atoms with Gasteiger partial charge in [0.15, 0.2) is 0 Å². The van der Waals surface area contributed by atoms with Crippen molar-refractivity contribution in [3.05, 3.63) is 96.1 Å². The summed E-state index contributed by atoms with van der Waals surface area (Å²) in [5.41, 5.74) is 0.572. The molecule has 0 bridgehead atoms. The molecule has 4 heteroatoms. The summed E-state index contributed by atoms with van der Waals surface area (Å²) in [4.78, 5) is 0. The number of hydrogen-bond donors (Lipinski definition) is 1. The van der Waals surface area contributed by atoms with Crippen LogP contribution in [0.2, 0.25) is 0 Å². The molecule has 3 rings (SSSR count). The van der Waals surface area contributed by atoms with E-state index in [0.717, 1.165) is 22.2 Å². The molecule has 3 aromatic carbocycles. The van der Waals surface area contributed by atoms with Crippen LogP contribution in [0.3, 0.4) is 0 Å². The van der Waals surface area contributed by atoms with Gasteiger partial charge >= 0.3 is 0 Å². The molecule has 0 aromatic heterocycles. The molecule has 134 valence electrons. The van der Waals surface area contributed by atoms with E-state index in [1.54, 1.807) is 7.11 Å². The number of ether oxygens (including phenoxy) is 1. The highest BCUT2D eigenvalue weighted by molar-refractivity contribution is 8.18. The summed E-state index contributed by atoms with van der Waals surface area (Å²) in [7, 11) is 1.66. The normalized spacial score (nSPS) is 13.8. The van der Waals surface area contributed by atoms with E-state index in [1.165, 1.54) is 0 Å². The van der Waals surface area contributed by atoms with Gasteiger partial charge in [0, 0.05) is 11.5 Å². The summed E-state index contributed by atoms with van der Waals surface area (Å²) < 4.78 is 5.54. The molecule has 0 fully saturated rings. The first-order valence-corrected chi connectivity index (χ1v) is 11.9. The molecule has 0 heterocycles. The quantitative estimate of drug-likeness (QED) is 0.642. The molecule has 3 aromatic rings. The lowest BCUT2D eigenvalue weighted by molar-refractivity contribution is 0.106. The number of aliphatic hydroxyl groups is 1. The van der Waals surface area contributed by atoms with Crippen LogP contribution in [-0.2, 0) is 17.4 Å². The maximum Gasteiger partial charge on any atom is 0.127 e. The van der Waals surface area contributed by atoms with Gasteiger partial charge in [0.1, 0.15) is 11.4 Å². The summed E-state index contributed by atoms with van der Waals surface area (Å²) in [5.74, 6) is 0.793. The fourth-order valence-corrected chi connectivity index (χ4v) is 6.77. The second-order valence-corrected chi connectivity index (χ2v) is 11.9. The van der Waals surface area contributed by atoms with Crippen LogP contribution in [-0.4, -0.2) is 25.0 Å². The van der Waals surface area contributed by atoms with Crippen molar-refractivity contribution in [3.63, 3.8) is 0 Å². The predicted molar refractivity (Wildman–Crippen MR) is 114 cm³/mol. The van der Waals surface area contributed by atoms with Gasteiger partial charge in [0.05, 0.1) is 7.11 Å². The van der Waals surface area contributed by atoms with Gasteiger partial charge in [0.2, 0.25) is 0 Å². The van der Waals surface area contributed by atoms with Gasteiger partial charge in [-0.2, -0.15) is 0 Å². The summed E-state index contributed by atoms with van der Waals surface area (Å²) in [6.07, 6.45) is 0.462. The Morgan fingerprint density at radius 2 is 1.31 bits per heavy atom. The Morgan fingerprint density at radius 3 is 1.81 bits per heavy atom. The van der Waals surface area contributed by atoms with Crippen molar-refractivity contribution in [1.82, 2.24) is 0 Å².